The maximum absolute atomic E-state index is 12.6. The van der Waals surface area contributed by atoms with E-state index < -0.39 is 9.84 Å². The Morgan fingerprint density at radius 2 is 1.84 bits per heavy atom. The van der Waals surface area contributed by atoms with Crippen LogP contribution in [-0.2, 0) is 21.1 Å². The van der Waals surface area contributed by atoms with Crippen LogP contribution in [-0.4, -0.2) is 44.7 Å². The molecule has 0 radical (unpaired) electrons. The van der Waals surface area contributed by atoms with Crippen molar-refractivity contribution in [1.29, 1.82) is 5.26 Å². The van der Waals surface area contributed by atoms with E-state index in [4.69, 9.17) is 28.5 Å². The molecule has 9 heteroatoms. The molecule has 2 aromatic rings. The lowest BCUT2D eigenvalue weighted by molar-refractivity contribution is -0.131. The first-order chi connectivity index (χ1) is 15.3. The van der Waals surface area contributed by atoms with Crippen LogP contribution in [0.3, 0.4) is 0 Å². The molecule has 172 valence electrons. The average molecular weight is 496 g/mol. The molecule has 0 aromatic heterocycles. The second kappa shape index (κ2) is 12.8. The molecule has 0 spiro atoms. The minimum Gasteiger partial charge on any atom is -0.342 e. The van der Waals surface area contributed by atoms with E-state index in [2.05, 4.69) is 11.4 Å². The summed E-state index contributed by atoms with van der Waals surface area (Å²) in [7, 11) is -3.63. The second-order valence-corrected chi connectivity index (χ2v) is 10.1. The maximum atomic E-state index is 12.6. The van der Waals surface area contributed by atoms with Crippen LogP contribution in [0.4, 0.5) is 0 Å². The predicted molar refractivity (Wildman–Crippen MR) is 127 cm³/mol. The molecule has 0 unspecified atom stereocenters. The van der Waals surface area contributed by atoms with Crippen LogP contribution >= 0.6 is 23.2 Å². The number of halogens is 2. The molecule has 2 rings (SSSR count). The maximum Gasteiger partial charge on any atom is 0.222 e. The van der Waals surface area contributed by atoms with Crippen molar-refractivity contribution in [1.82, 2.24) is 10.2 Å². The fourth-order valence-electron chi connectivity index (χ4n) is 3.17. The third-order valence-electron chi connectivity index (χ3n) is 4.89. The summed E-state index contributed by atoms with van der Waals surface area (Å²) in [4.78, 5) is 14.5. The number of amides is 1. The fourth-order valence-corrected chi connectivity index (χ4v) is 5.12. The van der Waals surface area contributed by atoms with Crippen molar-refractivity contribution < 1.29 is 13.2 Å². The van der Waals surface area contributed by atoms with Gasteiger partial charge >= 0.3 is 0 Å². The van der Waals surface area contributed by atoms with Gasteiger partial charge < -0.3 is 10.2 Å². The van der Waals surface area contributed by atoms with E-state index in [1.165, 1.54) is 12.1 Å². The van der Waals surface area contributed by atoms with E-state index in [1.54, 1.807) is 18.2 Å². The first kappa shape index (κ1) is 26.1. The van der Waals surface area contributed by atoms with Gasteiger partial charge in [0.15, 0.2) is 9.84 Å². The van der Waals surface area contributed by atoms with Gasteiger partial charge in [0.2, 0.25) is 5.91 Å². The van der Waals surface area contributed by atoms with Crippen molar-refractivity contribution in [3.63, 3.8) is 0 Å². The van der Waals surface area contributed by atoms with Gasteiger partial charge in [-0.1, -0.05) is 48.3 Å². The predicted octanol–water partition coefficient (Wildman–Crippen LogP) is 4.45. The van der Waals surface area contributed by atoms with E-state index >= 15 is 0 Å². The van der Waals surface area contributed by atoms with Gasteiger partial charge in [-0.15, -0.1) is 0 Å². The zero-order valence-corrected chi connectivity index (χ0v) is 20.3. The van der Waals surface area contributed by atoms with Crippen molar-refractivity contribution in [3.8, 4) is 6.07 Å². The summed E-state index contributed by atoms with van der Waals surface area (Å²) in [6, 6.07) is 14.0. The average Bonchev–Trinajstić information content (AvgIpc) is 2.78. The SMILES string of the molecule is CCCN(CCc1ccc(C#N)cc1)C(=O)CCCNCS(=O)(=O)c1cccc(Cl)c1Cl. The summed E-state index contributed by atoms with van der Waals surface area (Å²) in [5, 5.41) is 12.0. The molecule has 1 amide bonds. The normalized spacial score (nSPS) is 11.2. The van der Waals surface area contributed by atoms with Gasteiger partial charge in [-0.05, 0) is 55.6 Å². The Morgan fingerprint density at radius 1 is 1.12 bits per heavy atom. The fraction of sp³-hybridized carbons (Fsp3) is 0.391. The molecule has 0 aliphatic carbocycles. The Balaban J connectivity index is 1.79. The van der Waals surface area contributed by atoms with Crippen LogP contribution in [0.5, 0.6) is 0 Å². The largest absolute Gasteiger partial charge is 0.342 e. The number of nitrogens with zero attached hydrogens (tertiary/aromatic N) is 2. The Hall–Kier alpha value is -2.11. The molecule has 6 nitrogen and oxygen atoms in total. The van der Waals surface area contributed by atoms with Crippen LogP contribution in [0, 0.1) is 11.3 Å². The summed E-state index contributed by atoms with van der Waals surface area (Å²) < 4.78 is 24.9. The van der Waals surface area contributed by atoms with Gasteiger partial charge in [0.25, 0.3) is 0 Å². The molecular formula is C23H27Cl2N3O3S. The lowest BCUT2D eigenvalue weighted by atomic mass is 10.1. The van der Waals surface area contributed by atoms with E-state index in [0.717, 1.165) is 12.0 Å². The highest BCUT2D eigenvalue weighted by Crippen LogP contribution is 2.29. The number of hydrogen-bond donors (Lipinski definition) is 1. The molecule has 0 aliphatic heterocycles. The topological polar surface area (TPSA) is 90.3 Å². The summed E-state index contributed by atoms with van der Waals surface area (Å²) >= 11 is 11.9. The number of rotatable bonds is 12. The monoisotopic (exact) mass is 495 g/mol. The highest BCUT2D eigenvalue weighted by molar-refractivity contribution is 7.91. The molecule has 0 aliphatic rings. The number of hydrogen-bond acceptors (Lipinski definition) is 5. The van der Waals surface area contributed by atoms with Gasteiger partial charge in [-0.2, -0.15) is 5.26 Å². The van der Waals surface area contributed by atoms with Crippen LogP contribution in [0.25, 0.3) is 0 Å². The second-order valence-electron chi connectivity index (χ2n) is 7.35. The van der Waals surface area contributed by atoms with Crippen molar-refractivity contribution in [2.24, 2.45) is 0 Å². The van der Waals surface area contributed by atoms with Gasteiger partial charge in [0, 0.05) is 19.5 Å². The van der Waals surface area contributed by atoms with Crippen LogP contribution < -0.4 is 5.32 Å². The van der Waals surface area contributed by atoms with Crippen molar-refractivity contribution in [2.45, 2.75) is 37.5 Å². The highest BCUT2D eigenvalue weighted by Gasteiger charge is 2.19. The minimum absolute atomic E-state index is 0.00725. The molecule has 0 fully saturated rings. The summed E-state index contributed by atoms with van der Waals surface area (Å²) in [5.41, 5.74) is 1.69. The van der Waals surface area contributed by atoms with Crippen LogP contribution in [0.2, 0.25) is 10.0 Å². The van der Waals surface area contributed by atoms with E-state index in [1.807, 2.05) is 24.0 Å². The molecule has 0 heterocycles. The Bertz CT molecular complexity index is 1050. The van der Waals surface area contributed by atoms with E-state index in [9.17, 15) is 13.2 Å². The number of nitriles is 1. The first-order valence-electron chi connectivity index (χ1n) is 10.4. The summed E-state index contributed by atoms with van der Waals surface area (Å²) in [6.45, 7) is 3.69. The summed E-state index contributed by atoms with van der Waals surface area (Å²) in [5.74, 6) is -0.235. The van der Waals surface area contributed by atoms with E-state index in [0.29, 0.717) is 44.5 Å². The van der Waals surface area contributed by atoms with Gasteiger partial charge in [-0.25, -0.2) is 8.42 Å². The van der Waals surface area contributed by atoms with Gasteiger partial charge in [0.05, 0.1) is 26.6 Å². The van der Waals surface area contributed by atoms with Crippen molar-refractivity contribution in [3.05, 3.63) is 63.6 Å². The first-order valence-corrected chi connectivity index (χ1v) is 12.8. The van der Waals surface area contributed by atoms with Crippen LogP contribution in [0.15, 0.2) is 47.4 Å². The molecule has 0 bridgehead atoms. The molecular weight excluding hydrogens is 469 g/mol. The van der Waals surface area contributed by atoms with Crippen LogP contribution in [0.1, 0.15) is 37.3 Å². The Morgan fingerprint density at radius 3 is 2.50 bits per heavy atom. The standard InChI is InChI=1S/C23H27Cl2N3O3S/c1-2-14-28(15-12-18-8-10-19(16-26)11-9-18)22(29)7-4-13-27-17-32(30,31)21-6-3-5-20(24)23(21)25/h3,5-6,8-11,27H,2,4,7,12-15,17H2,1H3. The number of carbonyl (C=O) groups excluding carboxylic acids is 1. The minimum atomic E-state index is -3.63. The third-order valence-corrected chi connectivity index (χ3v) is 7.41. The molecule has 1 N–H and O–H groups in total. The molecule has 0 atom stereocenters. The number of carbonyl (C=O) groups is 1. The zero-order valence-electron chi connectivity index (χ0n) is 18.0. The van der Waals surface area contributed by atoms with Crippen molar-refractivity contribution in [2.75, 3.05) is 25.5 Å². The molecule has 0 saturated carbocycles. The molecule has 0 saturated heterocycles. The lowest BCUT2D eigenvalue weighted by Crippen LogP contribution is -2.34. The highest BCUT2D eigenvalue weighted by atomic mass is 35.5. The lowest BCUT2D eigenvalue weighted by Gasteiger charge is -2.22. The van der Waals surface area contributed by atoms with Gasteiger partial charge in [-0.3, -0.25) is 4.79 Å². The number of benzene rings is 2. The molecule has 2 aromatic carbocycles. The van der Waals surface area contributed by atoms with Gasteiger partial charge in [0.1, 0.15) is 5.88 Å². The zero-order chi connectivity index (χ0) is 23.6. The summed E-state index contributed by atoms with van der Waals surface area (Å²) in [6.07, 6.45) is 2.43. The molecule has 32 heavy (non-hydrogen) atoms. The van der Waals surface area contributed by atoms with Crippen molar-refractivity contribution >= 4 is 38.9 Å². The number of sulfone groups is 1. The number of nitrogens with one attached hydrogen (secondary N) is 1. The van der Waals surface area contributed by atoms with E-state index in [-0.39, 0.29) is 26.7 Å². The quantitative estimate of drug-likeness (QED) is 0.439. The smallest absolute Gasteiger partial charge is 0.222 e. The Labute approximate surface area is 200 Å². The Kier molecular flexibility index (Phi) is 10.5. The third kappa shape index (κ3) is 7.79.